The Bertz CT molecular complexity index is 2500. The third-order valence-corrected chi connectivity index (χ3v) is 12.6. The molecule has 2 aliphatic rings. The first-order valence-corrected chi connectivity index (χ1v) is 22.9. The molecule has 1 aromatic heterocycles. The minimum atomic E-state index is -1.17. The molecular weight excluding hydrogens is 838 g/mol. The summed E-state index contributed by atoms with van der Waals surface area (Å²) in [4.78, 5) is 62.9. The first kappa shape index (κ1) is 47.4. The van der Waals surface area contributed by atoms with Crippen molar-refractivity contribution in [1.82, 2.24) is 20.1 Å². The lowest BCUT2D eigenvalue weighted by atomic mass is 9.85. The van der Waals surface area contributed by atoms with Gasteiger partial charge in [0.2, 0.25) is 23.6 Å². The Morgan fingerprint density at radius 3 is 2.05 bits per heavy atom. The fourth-order valence-electron chi connectivity index (χ4n) is 8.27. The summed E-state index contributed by atoms with van der Waals surface area (Å²) in [7, 11) is 3.48. The highest BCUT2D eigenvalue weighted by molar-refractivity contribution is 6.17. The van der Waals surface area contributed by atoms with Gasteiger partial charge in [-0.3, -0.25) is 24.2 Å². The summed E-state index contributed by atoms with van der Waals surface area (Å²) < 4.78 is 25.5. The Hall–Kier alpha value is -6.54. The largest absolute Gasteiger partial charge is 0.496 e. The van der Waals surface area contributed by atoms with Crippen LogP contribution >= 0.6 is 0 Å². The molecule has 0 unspecified atom stereocenters. The van der Waals surface area contributed by atoms with Crippen molar-refractivity contribution in [3.63, 3.8) is 0 Å². The van der Waals surface area contributed by atoms with Crippen LogP contribution in [0, 0.1) is 16.6 Å². The van der Waals surface area contributed by atoms with E-state index in [2.05, 4.69) is 70.9 Å². The zero-order valence-electron chi connectivity index (χ0n) is 38.9. The van der Waals surface area contributed by atoms with Crippen LogP contribution in [-0.4, -0.2) is 97.9 Å². The highest BCUT2D eigenvalue weighted by Gasteiger charge is 2.56. The number of carbonyl (C=O) groups is 4. The highest BCUT2D eigenvalue weighted by Crippen LogP contribution is 2.48. The molecule has 5 aromatic rings. The second kappa shape index (κ2) is 20.7. The molecule has 3 N–H and O–H groups in total. The molecule has 0 radical (unpaired) electrons. The number of rotatable bonds is 18. The number of benzene rings is 4. The third-order valence-electron chi connectivity index (χ3n) is 12.6. The van der Waals surface area contributed by atoms with Crippen LogP contribution < -0.4 is 30.3 Å². The van der Waals surface area contributed by atoms with Gasteiger partial charge in [-0.25, -0.2) is 4.39 Å². The predicted octanol–water partition coefficient (Wildman–Crippen LogP) is 8.89. The number of hydrogen-bond donors (Lipinski definition) is 3. The van der Waals surface area contributed by atoms with Gasteiger partial charge in [-0.1, -0.05) is 39.3 Å². The quantitative estimate of drug-likeness (QED) is 0.0580. The van der Waals surface area contributed by atoms with Crippen LogP contribution in [-0.2, 0) is 19.2 Å². The van der Waals surface area contributed by atoms with Gasteiger partial charge in [0.1, 0.15) is 28.5 Å². The van der Waals surface area contributed by atoms with Gasteiger partial charge in [-0.15, -0.1) is 0 Å². The van der Waals surface area contributed by atoms with Gasteiger partial charge < -0.3 is 40.1 Å². The van der Waals surface area contributed by atoms with Crippen LogP contribution in [0.4, 0.5) is 21.5 Å². The van der Waals surface area contributed by atoms with Crippen molar-refractivity contribution >= 4 is 51.6 Å². The number of aromatic nitrogens is 1. The molecule has 1 atom stereocenters. The number of halogens is 1. The number of fused-ring (bicyclic) bond motifs is 1. The summed E-state index contributed by atoms with van der Waals surface area (Å²) in [6, 6.07) is 26.2. The summed E-state index contributed by atoms with van der Waals surface area (Å²) in [6.45, 7) is 12.5. The molecule has 1 saturated carbocycles. The summed E-state index contributed by atoms with van der Waals surface area (Å²) in [5, 5.41) is 9.82. The maximum atomic E-state index is 13.3. The average Bonchev–Trinajstić information content (AvgIpc) is 4.14. The highest BCUT2D eigenvalue weighted by atomic mass is 19.1. The molecule has 14 heteroatoms. The molecule has 4 aromatic carbocycles. The van der Waals surface area contributed by atoms with Crippen LogP contribution in [0.1, 0.15) is 66.2 Å². The number of nitrogens with zero attached hydrogens (tertiary/aromatic N) is 4. The Morgan fingerprint density at radius 1 is 0.818 bits per heavy atom. The molecule has 7 rings (SSSR count). The van der Waals surface area contributed by atoms with Crippen molar-refractivity contribution in [2.75, 3.05) is 69.0 Å². The van der Waals surface area contributed by atoms with Crippen LogP contribution in [0.5, 0.6) is 17.2 Å². The first-order chi connectivity index (χ1) is 31.7. The lowest BCUT2D eigenvalue weighted by molar-refractivity contribution is -0.135. The Balaban J connectivity index is 0.893. The monoisotopic (exact) mass is 899 g/mol. The standard InChI is InChI=1S/C52H62FN7O6/c1-7-58(5)48(62)47(51(2,3)4)55-27-10-8-9-11-46(61)60-31-29-59(30-32-60)39-20-12-35(13-21-39)41-33-43-42(34-45(41)65-6)44(24-28-54-43)66-40-22-18-38(19-23-40)57-50(64)52(25-26-52)49(63)56-37-16-14-36(53)15-17-37/h12-24,28,33-34,47,55H,7-11,25-27,29-32H2,1-6H3,(H,56,63)(H,57,64)/t47-/m1/s1. The SMILES string of the molecule is CCN(C)C(=O)[C@@H](NCCCCCC(=O)N1CCN(c2ccc(-c3cc4nccc(Oc5ccc(NC(=O)C6(C(=O)Nc7ccc(F)cc7)CC6)cc5)c4cc3OC)cc2)CC1)C(C)(C)C. The van der Waals surface area contributed by atoms with Crippen LogP contribution in [0.3, 0.4) is 0 Å². The van der Waals surface area contributed by atoms with Gasteiger partial charge in [0, 0.05) is 80.4 Å². The van der Waals surface area contributed by atoms with E-state index in [4.69, 9.17) is 9.47 Å². The molecule has 1 aliphatic carbocycles. The number of methoxy groups -OCH3 is 1. The van der Waals surface area contributed by atoms with Crippen LogP contribution in [0.15, 0.2) is 97.2 Å². The lowest BCUT2D eigenvalue weighted by Crippen LogP contribution is -2.52. The third kappa shape index (κ3) is 11.3. The fourth-order valence-corrected chi connectivity index (χ4v) is 8.27. The fraction of sp³-hybridized carbons (Fsp3) is 0.404. The summed E-state index contributed by atoms with van der Waals surface area (Å²) in [5.41, 5.74) is 3.27. The molecular formula is C52H62FN7O6. The lowest BCUT2D eigenvalue weighted by Gasteiger charge is -2.36. The van der Waals surface area contributed by atoms with Gasteiger partial charge >= 0.3 is 0 Å². The second-order valence-corrected chi connectivity index (χ2v) is 18.3. The van der Waals surface area contributed by atoms with E-state index in [1.807, 2.05) is 31.0 Å². The number of unbranched alkanes of at least 4 members (excludes halogenated alkanes) is 2. The molecule has 0 bridgehead atoms. The predicted molar refractivity (Wildman–Crippen MR) is 257 cm³/mol. The number of ether oxygens (including phenoxy) is 2. The van der Waals surface area contributed by atoms with E-state index >= 15 is 0 Å². The summed E-state index contributed by atoms with van der Waals surface area (Å²) >= 11 is 0. The zero-order chi connectivity index (χ0) is 47.0. The molecule has 348 valence electrons. The molecule has 66 heavy (non-hydrogen) atoms. The topological polar surface area (TPSA) is 145 Å². The average molecular weight is 900 g/mol. The van der Waals surface area contributed by atoms with Gasteiger partial charge in [0.15, 0.2) is 0 Å². The summed E-state index contributed by atoms with van der Waals surface area (Å²) in [6.07, 6.45) is 5.75. The van der Waals surface area contributed by atoms with Gasteiger partial charge in [-0.05, 0) is 129 Å². The number of nitrogens with one attached hydrogen (secondary N) is 3. The van der Waals surface area contributed by atoms with Crippen molar-refractivity contribution in [3.8, 4) is 28.4 Å². The number of amides is 4. The maximum absolute atomic E-state index is 13.3. The van der Waals surface area contributed by atoms with Crippen molar-refractivity contribution in [2.24, 2.45) is 10.8 Å². The smallest absolute Gasteiger partial charge is 0.240 e. The van der Waals surface area contributed by atoms with Crippen molar-refractivity contribution in [3.05, 3.63) is 103 Å². The number of pyridine rings is 1. The summed E-state index contributed by atoms with van der Waals surface area (Å²) in [5.74, 6) is 0.875. The van der Waals surface area contributed by atoms with E-state index in [0.717, 1.165) is 66.6 Å². The second-order valence-electron chi connectivity index (χ2n) is 18.3. The Morgan fingerprint density at radius 2 is 1.45 bits per heavy atom. The minimum absolute atomic E-state index is 0.119. The Kier molecular flexibility index (Phi) is 14.9. The minimum Gasteiger partial charge on any atom is -0.496 e. The van der Waals surface area contributed by atoms with E-state index in [0.29, 0.717) is 67.5 Å². The van der Waals surface area contributed by atoms with E-state index < -0.39 is 23.0 Å². The van der Waals surface area contributed by atoms with E-state index in [1.165, 1.54) is 24.3 Å². The zero-order valence-corrected chi connectivity index (χ0v) is 38.9. The molecule has 0 spiro atoms. The number of likely N-dealkylation sites (N-methyl/N-ethyl adjacent to an activating group) is 1. The first-order valence-electron chi connectivity index (χ1n) is 22.9. The number of piperazine rings is 1. The van der Waals surface area contributed by atoms with Gasteiger partial charge in [0.25, 0.3) is 0 Å². The molecule has 2 heterocycles. The maximum Gasteiger partial charge on any atom is 0.240 e. The molecule has 4 amide bonds. The van der Waals surface area contributed by atoms with Crippen LogP contribution in [0.2, 0.25) is 0 Å². The van der Waals surface area contributed by atoms with E-state index in [9.17, 15) is 23.6 Å². The van der Waals surface area contributed by atoms with Crippen molar-refractivity contribution < 1.29 is 33.0 Å². The van der Waals surface area contributed by atoms with E-state index in [1.54, 1.807) is 48.5 Å². The van der Waals surface area contributed by atoms with Gasteiger partial charge in [0.05, 0.1) is 18.7 Å². The van der Waals surface area contributed by atoms with Crippen molar-refractivity contribution in [1.29, 1.82) is 0 Å². The molecule has 1 saturated heterocycles. The molecule has 13 nitrogen and oxygen atoms in total. The Labute approximate surface area is 387 Å². The number of anilines is 3. The normalized spacial score (nSPS) is 14.9. The van der Waals surface area contributed by atoms with E-state index in [-0.39, 0.29) is 23.3 Å². The van der Waals surface area contributed by atoms with Crippen LogP contribution in [0.25, 0.3) is 22.0 Å². The number of carbonyl (C=O) groups excluding carboxylic acids is 4. The van der Waals surface area contributed by atoms with Crippen molar-refractivity contribution in [2.45, 2.75) is 72.3 Å². The molecule has 1 aliphatic heterocycles. The van der Waals surface area contributed by atoms with Gasteiger partial charge in [-0.2, -0.15) is 0 Å². The molecule has 2 fully saturated rings. The number of hydrogen-bond acceptors (Lipinski definition) is 9.